The van der Waals surface area contributed by atoms with E-state index >= 15 is 0 Å². The SMILES string of the molecule is CC1CC1CN(C)c1ccc(CNC2CC2)cc1Br. The lowest BCUT2D eigenvalue weighted by molar-refractivity contribution is 0.687. The molecule has 3 heteroatoms. The third-order valence-corrected chi connectivity index (χ3v) is 5.02. The van der Waals surface area contributed by atoms with Gasteiger partial charge in [0.15, 0.2) is 0 Å². The largest absolute Gasteiger partial charge is 0.373 e. The zero-order chi connectivity index (χ0) is 13.4. The van der Waals surface area contributed by atoms with Gasteiger partial charge in [-0.3, -0.25) is 0 Å². The molecule has 0 bridgehead atoms. The quantitative estimate of drug-likeness (QED) is 0.857. The molecule has 1 aromatic carbocycles. The molecule has 0 saturated heterocycles. The maximum absolute atomic E-state index is 3.73. The van der Waals surface area contributed by atoms with Gasteiger partial charge in [0.1, 0.15) is 0 Å². The maximum Gasteiger partial charge on any atom is 0.0508 e. The van der Waals surface area contributed by atoms with Crippen LogP contribution in [0.25, 0.3) is 0 Å². The van der Waals surface area contributed by atoms with E-state index in [2.05, 4.69) is 58.3 Å². The molecular formula is C16H23BrN2. The molecule has 0 radical (unpaired) electrons. The van der Waals surface area contributed by atoms with Crippen molar-refractivity contribution >= 4 is 21.6 Å². The summed E-state index contributed by atoms with van der Waals surface area (Å²) in [5.74, 6) is 1.82. The molecule has 2 atom stereocenters. The molecule has 0 spiro atoms. The third kappa shape index (κ3) is 3.51. The van der Waals surface area contributed by atoms with Crippen molar-refractivity contribution < 1.29 is 0 Å². The van der Waals surface area contributed by atoms with Gasteiger partial charge in [-0.2, -0.15) is 0 Å². The minimum absolute atomic E-state index is 0.775. The van der Waals surface area contributed by atoms with E-state index in [0.717, 1.165) is 24.4 Å². The average Bonchev–Trinajstić information content (AvgIpc) is 3.27. The summed E-state index contributed by atoms with van der Waals surface area (Å²) in [5.41, 5.74) is 2.69. The van der Waals surface area contributed by atoms with Crippen molar-refractivity contribution in [3.8, 4) is 0 Å². The van der Waals surface area contributed by atoms with E-state index in [9.17, 15) is 0 Å². The van der Waals surface area contributed by atoms with Crippen LogP contribution in [0.3, 0.4) is 0 Å². The van der Waals surface area contributed by atoms with Gasteiger partial charge < -0.3 is 10.2 Å². The topological polar surface area (TPSA) is 15.3 Å². The Balaban J connectivity index is 1.60. The highest BCUT2D eigenvalue weighted by Gasteiger charge is 2.33. The highest BCUT2D eigenvalue weighted by Crippen LogP contribution is 2.39. The van der Waals surface area contributed by atoms with Crippen LogP contribution in [0.1, 0.15) is 31.7 Å². The lowest BCUT2D eigenvalue weighted by atomic mass is 10.2. The first kappa shape index (κ1) is 13.4. The average molecular weight is 323 g/mol. The van der Waals surface area contributed by atoms with Crippen LogP contribution in [0, 0.1) is 11.8 Å². The third-order valence-electron chi connectivity index (χ3n) is 4.38. The molecule has 0 aromatic heterocycles. The van der Waals surface area contributed by atoms with Crippen molar-refractivity contribution in [1.29, 1.82) is 0 Å². The Morgan fingerprint density at radius 3 is 2.68 bits per heavy atom. The van der Waals surface area contributed by atoms with Gasteiger partial charge in [-0.15, -0.1) is 0 Å². The summed E-state index contributed by atoms with van der Waals surface area (Å²) in [6.45, 7) is 4.52. The number of hydrogen-bond donors (Lipinski definition) is 1. The second-order valence-corrected chi connectivity index (χ2v) is 7.15. The summed E-state index contributed by atoms with van der Waals surface area (Å²) in [6.07, 6.45) is 4.09. The summed E-state index contributed by atoms with van der Waals surface area (Å²) in [5, 5.41) is 3.56. The van der Waals surface area contributed by atoms with Gasteiger partial charge in [-0.1, -0.05) is 13.0 Å². The van der Waals surface area contributed by atoms with E-state index in [0.29, 0.717) is 0 Å². The summed E-state index contributed by atoms with van der Waals surface area (Å²) in [6, 6.07) is 7.54. The molecule has 0 heterocycles. The zero-order valence-corrected chi connectivity index (χ0v) is 13.4. The fraction of sp³-hybridized carbons (Fsp3) is 0.625. The predicted molar refractivity (Wildman–Crippen MR) is 84.5 cm³/mol. The molecule has 2 aliphatic rings. The highest BCUT2D eigenvalue weighted by atomic mass is 79.9. The summed E-state index contributed by atoms with van der Waals surface area (Å²) in [4.78, 5) is 2.39. The van der Waals surface area contributed by atoms with Crippen LogP contribution < -0.4 is 10.2 Å². The molecule has 0 amide bonds. The summed E-state index contributed by atoms with van der Waals surface area (Å²) < 4.78 is 1.22. The molecule has 2 nitrogen and oxygen atoms in total. The molecule has 1 aromatic rings. The molecule has 3 rings (SSSR count). The van der Waals surface area contributed by atoms with Crippen molar-refractivity contribution in [3.05, 3.63) is 28.2 Å². The second kappa shape index (κ2) is 5.45. The van der Waals surface area contributed by atoms with Crippen molar-refractivity contribution in [3.63, 3.8) is 0 Å². The van der Waals surface area contributed by atoms with Gasteiger partial charge >= 0.3 is 0 Å². The highest BCUT2D eigenvalue weighted by molar-refractivity contribution is 9.10. The molecule has 2 aliphatic carbocycles. The molecule has 19 heavy (non-hydrogen) atoms. The molecule has 104 valence electrons. The molecule has 1 N–H and O–H groups in total. The molecule has 2 saturated carbocycles. The zero-order valence-electron chi connectivity index (χ0n) is 11.8. The molecular weight excluding hydrogens is 300 g/mol. The fourth-order valence-corrected chi connectivity index (χ4v) is 3.35. The number of nitrogens with one attached hydrogen (secondary N) is 1. The number of hydrogen-bond acceptors (Lipinski definition) is 2. The Hall–Kier alpha value is -0.540. The Bertz CT molecular complexity index is 456. The Morgan fingerprint density at radius 2 is 2.11 bits per heavy atom. The number of nitrogens with zero attached hydrogens (tertiary/aromatic N) is 1. The van der Waals surface area contributed by atoms with Gasteiger partial charge in [0.25, 0.3) is 0 Å². The molecule has 2 unspecified atom stereocenters. The standard InChI is InChI=1S/C16H23BrN2/c1-11-7-13(11)10-19(2)16-6-3-12(8-15(16)17)9-18-14-4-5-14/h3,6,8,11,13-14,18H,4-5,7,9-10H2,1-2H3. The van der Waals surface area contributed by atoms with Crippen LogP contribution in [0.4, 0.5) is 5.69 Å². The van der Waals surface area contributed by atoms with Gasteiger partial charge in [0, 0.05) is 30.7 Å². The lowest BCUT2D eigenvalue weighted by Crippen LogP contribution is -2.21. The summed E-state index contributed by atoms with van der Waals surface area (Å²) in [7, 11) is 2.20. The van der Waals surface area contributed by atoms with E-state index in [1.807, 2.05) is 0 Å². The van der Waals surface area contributed by atoms with Crippen molar-refractivity contribution in [2.45, 2.75) is 38.8 Å². The first-order chi connectivity index (χ1) is 9.13. The Morgan fingerprint density at radius 1 is 1.37 bits per heavy atom. The first-order valence-corrected chi connectivity index (χ1v) is 8.15. The van der Waals surface area contributed by atoms with Crippen molar-refractivity contribution in [2.24, 2.45) is 11.8 Å². The van der Waals surface area contributed by atoms with E-state index in [1.54, 1.807) is 0 Å². The van der Waals surface area contributed by atoms with Crippen LogP contribution in [0.15, 0.2) is 22.7 Å². The number of halogens is 1. The van der Waals surface area contributed by atoms with Gasteiger partial charge in [0.2, 0.25) is 0 Å². The summed E-state index contributed by atoms with van der Waals surface area (Å²) >= 11 is 3.73. The van der Waals surface area contributed by atoms with Crippen LogP contribution >= 0.6 is 15.9 Å². The predicted octanol–water partition coefficient (Wildman–Crippen LogP) is 3.79. The van der Waals surface area contributed by atoms with E-state index in [1.165, 1.54) is 41.5 Å². The van der Waals surface area contributed by atoms with Gasteiger partial charge in [-0.25, -0.2) is 0 Å². The Labute approximate surface area is 124 Å². The van der Waals surface area contributed by atoms with Crippen LogP contribution in [0.2, 0.25) is 0 Å². The second-order valence-electron chi connectivity index (χ2n) is 6.29. The van der Waals surface area contributed by atoms with Crippen LogP contribution in [0.5, 0.6) is 0 Å². The Kier molecular flexibility index (Phi) is 3.86. The van der Waals surface area contributed by atoms with Gasteiger partial charge in [-0.05, 0) is 64.7 Å². The monoisotopic (exact) mass is 322 g/mol. The van der Waals surface area contributed by atoms with E-state index in [-0.39, 0.29) is 0 Å². The number of anilines is 1. The lowest BCUT2D eigenvalue weighted by Gasteiger charge is -2.21. The minimum Gasteiger partial charge on any atom is -0.373 e. The van der Waals surface area contributed by atoms with Crippen molar-refractivity contribution in [1.82, 2.24) is 5.32 Å². The normalized spacial score (nSPS) is 25.4. The van der Waals surface area contributed by atoms with Crippen LogP contribution in [-0.4, -0.2) is 19.6 Å². The van der Waals surface area contributed by atoms with E-state index < -0.39 is 0 Å². The number of benzene rings is 1. The maximum atomic E-state index is 3.73. The first-order valence-electron chi connectivity index (χ1n) is 7.36. The van der Waals surface area contributed by atoms with Crippen molar-refractivity contribution in [2.75, 3.05) is 18.5 Å². The molecule has 2 fully saturated rings. The fourth-order valence-electron chi connectivity index (χ4n) is 2.62. The minimum atomic E-state index is 0.775. The van der Waals surface area contributed by atoms with Crippen LogP contribution in [-0.2, 0) is 6.54 Å². The number of rotatable bonds is 6. The smallest absolute Gasteiger partial charge is 0.0508 e. The van der Waals surface area contributed by atoms with Gasteiger partial charge in [0.05, 0.1) is 5.69 Å². The molecule has 0 aliphatic heterocycles. The van der Waals surface area contributed by atoms with E-state index in [4.69, 9.17) is 0 Å².